The van der Waals surface area contributed by atoms with E-state index in [1.807, 2.05) is 10.3 Å². The molecule has 7 nitrogen and oxygen atoms in total. The summed E-state index contributed by atoms with van der Waals surface area (Å²) in [6.07, 6.45) is 1.34. The lowest BCUT2D eigenvalue weighted by Gasteiger charge is -2.32. The van der Waals surface area contributed by atoms with Gasteiger partial charge in [-0.15, -0.1) is 11.3 Å². The van der Waals surface area contributed by atoms with Crippen LogP contribution in [-0.4, -0.2) is 40.3 Å². The second kappa shape index (κ2) is 8.20. The van der Waals surface area contributed by atoms with Crippen LogP contribution in [0.2, 0.25) is 0 Å². The van der Waals surface area contributed by atoms with Crippen LogP contribution in [0.1, 0.15) is 12.8 Å². The molecule has 1 N–H and O–H groups in total. The normalized spacial score (nSPS) is 16.9. The van der Waals surface area contributed by atoms with Crippen LogP contribution in [-0.2, 0) is 11.3 Å². The smallest absolute Gasteiger partial charge is 0.308 e. The van der Waals surface area contributed by atoms with Crippen LogP contribution in [0.3, 0.4) is 0 Å². The Hall–Kier alpha value is -2.94. The van der Waals surface area contributed by atoms with Crippen molar-refractivity contribution in [1.82, 2.24) is 9.55 Å². The molecular formula is C20H20FN3O4S. The van der Waals surface area contributed by atoms with Crippen molar-refractivity contribution in [2.45, 2.75) is 19.4 Å². The third-order valence-corrected chi connectivity index (χ3v) is 5.89. The molecule has 0 aliphatic carbocycles. The number of anilines is 1. The van der Waals surface area contributed by atoms with Gasteiger partial charge in [0.25, 0.3) is 5.56 Å². The van der Waals surface area contributed by atoms with Gasteiger partial charge in [-0.3, -0.25) is 14.2 Å². The number of aromatic nitrogens is 2. The van der Waals surface area contributed by atoms with Crippen molar-refractivity contribution < 1.29 is 19.0 Å². The summed E-state index contributed by atoms with van der Waals surface area (Å²) in [7, 11) is 0. The minimum Gasteiger partial charge on any atom is -0.492 e. The monoisotopic (exact) mass is 417 g/mol. The maximum absolute atomic E-state index is 13.0. The number of halogens is 1. The highest BCUT2D eigenvalue weighted by molar-refractivity contribution is 7.17. The molecule has 4 rings (SSSR count). The average molecular weight is 417 g/mol. The van der Waals surface area contributed by atoms with Crippen molar-refractivity contribution in [3.05, 3.63) is 51.9 Å². The Morgan fingerprint density at radius 1 is 1.31 bits per heavy atom. The molecule has 0 bridgehead atoms. The first kappa shape index (κ1) is 19.4. The number of aliphatic carboxylic acids is 1. The highest BCUT2D eigenvalue weighted by atomic mass is 32.1. The Morgan fingerprint density at radius 3 is 2.86 bits per heavy atom. The lowest BCUT2D eigenvalue weighted by Crippen LogP contribution is -2.42. The molecule has 9 heteroatoms. The molecule has 0 saturated carbocycles. The number of rotatable bonds is 6. The van der Waals surface area contributed by atoms with Crippen LogP contribution >= 0.6 is 11.3 Å². The quantitative estimate of drug-likeness (QED) is 0.664. The van der Waals surface area contributed by atoms with Crippen molar-refractivity contribution in [2.24, 2.45) is 5.92 Å². The summed E-state index contributed by atoms with van der Waals surface area (Å²) in [4.78, 5) is 31.0. The molecule has 3 aromatic rings. The Morgan fingerprint density at radius 2 is 2.10 bits per heavy atom. The SMILES string of the molecule is O=C(O)C1CCCN(c2nc3ccsc3c(=O)n2CCOc2ccc(F)cc2)C1. The number of ether oxygens (including phenoxy) is 1. The van der Waals surface area contributed by atoms with Gasteiger partial charge < -0.3 is 14.7 Å². The maximum Gasteiger partial charge on any atom is 0.308 e. The van der Waals surface area contributed by atoms with E-state index in [0.29, 0.717) is 41.4 Å². The van der Waals surface area contributed by atoms with Gasteiger partial charge in [-0.2, -0.15) is 0 Å². The molecule has 1 atom stereocenters. The van der Waals surface area contributed by atoms with Gasteiger partial charge in [0.2, 0.25) is 5.95 Å². The van der Waals surface area contributed by atoms with Crippen molar-refractivity contribution in [3.63, 3.8) is 0 Å². The topological polar surface area (TPSA) is 84.7 Å². The van der Waals surface area contributed by atoms with E-state index in [1.165, 1.54) is 35.6 Å². The molecule has 1 aliphatic heterocycles. The molecule has 2 aromatic heterocycles. The zero-order valence-corrected chi connectivity index (χ0v) is 16.4. The van der Waals surface area contributed by atoms with E-state index in [1.54, 1.807) is 10.6 Å². The lowest BCUT2D eigenvalue weighted by atomic mass is 9.99. The van der Waals surface area contributed by atoms with E-state index in [9.17, 15) is 19.1 Å². The molecule has 0 radical (unpaired) electrons. The molecule has 1 saturated heterocycles. The first-order valence-electron chi connectivity index (χ1n) is 9.37. The van der Waals surface area contributed by atoms with Crippen molar-refractivity contribution in [3.8, 4) is 5.75 Å². The van der Waals surface area contributed by atoms with E-state index in [2.05, 4.69) is 4.98 Å². The van der Waals surface area contributed by atoms with Crippen LogP contribution in [0.4, 0.5) is 10.3 Å². The predicted molar refractivity (Wildman–Crippen MR) is 108 cm³/mol. The van der Waals surface area contributed by atoms with Crippen LogP contribution < -0.4 is 15.2 Å². The summed E-state index contributed by atoms with van der Waals surface area (Å²) in [6.45, 7) is 1.41. The fraction of sp³-hybridized carbons (Fsp3) is 0.350. The summed E-state index contributed by atoms with van der Waals surface area (Å²) >= 11 is 1.33. The van der Waals surface area contributed by atoms with E-state index in [-0.39, 0.29) is 24.5 Å². The number of carboxylic acid groups (broad SMARTS) is 1. The summed E-state index contributed by atoms with van der Waals surface area (Å²) in [6, 6.07) is 7.48. The number of hydrogen-bond acceptors (Lipinski definition) is 6. The van der Waals surface area contributed by atoms with Gasteiger partial charge in [-0.05, 0) is 48.6 Å². The number of nitrogens with zero attached hydrogens (tertiary/aromatic N) is 3. The largest absolute Gasteiger partial charge is 0.492 e. The molecule has 3 heterocycles. The van der Waals surface area contributed by atoms with Gasteiger partial charge in [0.15, 0.2) is 0 Å². The van der Waals surface area contributed by atoms with Gasteiger partial charge in [-0.25, -0.2) is 9.37 Å². The minimum atomic E-state index is -0.833. The summed E-state index contributed by atoms with van der Waals surface area (Å²) in [5.41, 5.74) is 0.448. The van der Waals surface area contributed by atoms with Gasteiger partial charge in [0, 0.05) is 13.1 Å². The zero-order chi connectivity index (χ0) is 20.4. The molecule has 29 heavy (non-hydrogen) atoms. The number of carboxylic acids is 1. The average Bonchev–Trinajstić information content (AvgIpc) is 3.20. The second-order valence-electron chi connectivity index (χ2n) is 6.93. The highest BCUT2D eigenvalue weighted by Crippen LogP contribution is 2.24. The molecule has 0 amide bonds. The molecule has 1 fully saturated rings. The van der Waals surface area contributed by atoms with Gasteiger partial charge in [-0.1, -0.05) is 0 Å². The summed E-state index contributed by atoms with van der Waals surface area (Å²) in [5.74, 6) is -0.687. The van der Waals surface area contributed by atoms with E-state index in [4.69, 9.17) is 4.74 Å². The first-order chi connectivity index (χ1) is 14.0. The summed E-state index contributed by atoms with van der Waals surface area (Å²) in [5, 5.41) is 11.2. The Labute approximate surface area is 170 Å². The fourth-order valence-electron chi connectivity index (χ4n) is 3.52. The van der Waals surface area contributed by atoms with E-state index >= 15 is 0 Å². The molecule has 1 aliphatic rings. The molecule has 1 unspecified atom stereocenters. The Balaban J connectivity index is 1.61. The third-order valence-electron chi connectivity index (χ3n) is 5.00. The van der Waals surface area contributed by atoms with Gasteiger partial charge >= 0.3 is 5.97 Å². The second-order valence-corrected chi connectivity index (χ2v) is 7.85. The van der Waals surface area contributed by atoms with Crippen LogP contribution in [0.5, 0.6) is 5.75 Å². The van der Waals surface area contributed by atoms with Crippen LogP contribution in [0.15, 0.2) is 40.5 Å². The minimum absolute atomic E-state index is 0.167. The summed E-state index contributed by atoms with van der Waals surface area (Å²) < 4.78 is 20.8. The lowest BCUT2D eigenvalue weighted by molar-refractivity contribution is -0.141. The fourth-order valence-corrected chi connectivity index (χ4v) is 4.30. The predicted octanol–water partition coefficient (Wildman–Crippen LogP) is 2.98. The van der Waals surface area contributed by atoms with Crippen molar-refractivity contribution >= 4 is 33.5 Å². The van der Waals surface area contributed by atoms with Crippen molar-refractivity contribution in [2.75, 3.05) is 24.6 Å². The Bertz CT molecular complexity index is 1080. The highest BCUT2D eigenvalue weighted by Gasteiger charge is 2.28. The number of thiophene rings is 1. The molecule has 152 valence electrons. The van der Waals surface area contributed by atoms with Gasteiger partial charge in [0.05, 0.1) is 18.0 Å². The zero-order valence-electron chi connectivity index (χ0n) is 15.6. The standard InChI is InChI=1S/C20H20FN3O4S/c21-14-3-5-15(6-4-14)28-10-9-24-18(25)17-16(7-11-29-17)22-20(24)23-8-1-2-13(12-23)19(26)27/h3-7,11,13H,1-2,8-10,12H2,(H,26,27). The number of carbonyl (C=O) groups is 1. The first-order valence-corrected chi connectivity index (χ1v) is 10.2. The molecule has 0 spiro atoms. The van der Waals surface area contributed by atoms with E-state index < -0.39 is 11.9 Å². The molecular weight excluding hydrogens is 397 g/mol. The Kier molecular flexibility index (Phi) is 5.48. The van der Waals surface area contributed by atoms with Crippen LogP contribution in [0, 0.1) is 11.7 Å². The van der Waals surface area contributed by atoms with Crippen LogP contribution in [0.25, 0.3) is 10.2 Å². The van der Waals surface area contributed by atoms with E-state index in [0.717, 1.165) is 6.42 Å². The molecule has 1 aromatic carbocycles. The number of hydrogen-bond donors (Lipinski definition) is 1. The maximum atomic E-state index is 13.0. The van der Waals surface area contributed by atoms with Crippen molar-refractivity contribution in [1.29, 1.82) is 0 Å². The van der Waals surface area contributed by atoms with Gasteiger partial charge in [0.1, 0.15) is 22.9 Å². The number of benzene rings is 1. The number of fused-ring (bicyclic) bond motifs is 1. The third kappa shape index (κ3) is 4.09. The number of piperidine rings is 1.